The molecule has 3 rings (SSSR count). The van der Waals surface area contributed by atoms with Crippen molar-refractivity contribution < 1.29 is 4.74 Å². The largest absolute Gasteiger partial charge is 0.379 e. The summed E-state index contributed by atoms with van der Waals surface area (Å²) in [6.07, 6.45) is 4.97. The van der Waals surface area contributed by atoms with Crippen LogP contribution < -0.4 is 5.32 Å². The van der Waals surface area contributed by atoms with Crippen LogP contribution in [0.5, 0.6) is 0 Å². The molecule has 8 heteroatoms. The number of nitrogens with zero attached hydrogens (tertiary/aromatic N) is 4. The molecule has 0 amide bonds. The third-order valence-corrected chi connectivity index (χ3v) is 6.26. The van der Waals surface area contributed by atoms with Crippen molar-refractivity contribution in [1.82, 2.24) is 20.1 Å². The van der Waals surface area contributed by atoms with E-state index in [9.17, 15) is 0 Å². The molecule has 1 aliphatic heterocycles. The topological polar surface area (TPSA) is 53.0 Å². The quantitative estimate of drug-likeness (QED) is 0.365. The maximum absolute atomic E-state index is 5.43. The number of morpholine rings is 1. The lowest BCUT2D eigenvalue weighted by atomic mass is 10.0. The molecule has 154 valence electrons. The number of hydrogen-bond acceptors (Lipinski definition) is 5. The van der Waals surface area contributed by atoms with Crippen molar-refractivity contribution in [3.8, 4) is 0 Å². The fourth-order valence-electron chi connectivity index (χ4n) is 3.69. The van der Waals surface area contributed by atoms with Crippen molar-refractivity contribution in [2.24, 2.45) is 10.9 Å². The van der Waals surface area contributed by atoms with Crippen molar-refractivity contribution in [1.29, 1.82) is 0 Å². The molecule has 1 aromatic heterocycles. The monoisotopic (exact) mass is 507 g/mol. The van der Waals surface area contributed by atoms with E-state index in [0.717, 1.165) is 58.3 Å². The van der Waals surface area contributed by atoms with Gasteiger partial charge in [0.05, 0.1) is 25.5 Å². The van der Waals surface area contributed by atoms with Gasteiger partial charge in [-0.15, -0.1) is 35.3 Å². The maximum atomic E-state index is 5.43. The van der Waals surface area contributed by atoms with Crippen LogP contribution in [-0.4, -0.2) is 74.2 Å². The van der Waals surface area contributed by atoms with E-state index >= 15 is 0 Å². The van der Waals surface area contributed by atoms with Crippen molar-refractivity contribution in [3.63, 3.8) is 0 Å². The molecule has 0 aromatic carbocycles. The Morgan fingerprint density at radius 3 is 2.78 bits per heavy atom. The standard InChI is InChI=1S/C19H33N5OS.HI/c1-15(13-24-8-10-25-11-9-24)12-21-19(20-2)23(3)14-18-22-16-6-4-5-7-17(16)26-18;/h15H,4-14H2,1-3H3,(H,20,21);1H. The van der Waals surface area contributed by atoms with Crippen molar-refractivity contribution in [3.05, 3.63) is 15.6 Å². The summed E-state index contributed by atoms with van der Waals surface area (Å²) in [7, 11) is 3.96. The van der Waals surface area contributed by atoms with Gasteiger partial charge in [-0.2, -0.15) is 0 Å². The average Bonchev–Trinajstić information content (AvgIpc) is 3.05. The number of fused-ring (bicyclic) bond motifs is 1. The average molecular weight is 507 g/mol. The van der Waals surface area contributed by atoms with Gasteiger partial charge < -0.3 is 15.0 Å². The second kappa shape index (κ2) is 11.5. The van der Waals surface area contributed by atoms with Crippen LogP contribution in [-0.2, 0) is 24.1 Å². The second-order valence-corrected chi connectivity index (χ2v) is 8.66. The highest BCUT2D eigenvalue weighted by molar-refractivity contribution is 14.0. The maximum Gasteiger partial charge on any atom is 0.193 e. The van der Waals surface area contributed by atoms with E-state index in [2.05, 4.69) is 34.1 Å². The third-order valence-electron chi connectivity index (χ3n) is 5.12. The summed E-state index contributed by atoms with van der Waals surface area (Å²) in [6, 6.07) is 0. The Kier molecular flexibility index (Phi) is 9.75. The minimum atomic E-state index is 0. The number of thiazole rings is 1. The van der Waals surface area contributed by atoms with E-state index in [1.807, 2.05) is 18.4 Å². The normalized spacial score (nSPS) is 19.1. The van der Waals surface area contributed by atoms with Crippen molar-refractivity contribution in [2.75, 3.05) is 53.5 Å². The van der Waals surface area contributed by atoms with E-state index in [1.54, 1.807) is 0 Å². The SMILES string of the molecule is CN=C(NCC(C)CN1CCOCC1)N(C)Cc1nc2c(s1)CCCC2.I. The summed E-state index contributed by atoms with van der Waals surface area (Å²) < 4.78 is 5.43. The fourth-order valence-corrected chi connectivity index (χ4v) is 4.90. The third kappa shape index (κ3) is 6.83. The van der Waals surface area contributed by atoms with Gasteiger partial charge in [-0.3, -0.25) is 9.89 Å². The van der Waals surface area contributed by atoms with Gasteiger partial charge in [-0.05, 0) is 31.6 Å². The molecule has 27 heavy (non-hydrogen) atoms. The van der Waals surface area contributed by atoms with E-state index < -0.39 is 0 Å². The van der Waals surface area contributed by atoms with Gasteiger partial charge in [0.15, 0.2) is 5.96 Å². The summed E-state index contributed by atoms with van der Waals surface area (Å²) in [5.74, 6) is 1.53. The highest BCUT2D eigenvalue weighted by Crippen LogP contribution is 2.27. The first-order chi connectivity index (χ1) is 12.7. The van der Waals surface area contributed by atoms with Crippen LogP contribution >= 0.6 is 35.3 Å². The fraction of sp³-hybridized carbons (Fsp3) is 0.789. The summed E-state index contributed by atoms with van der Waals surface area (Å²) in [4.78, 5) is 15.5. The molecule has 1 unspecified atom stereocenters. The lowest BCUT2D eigenvalue weighted by Crippen LogP contribution is -2.44. The number of rotatable bonds is 6. The number of ether oxygens (including phenoxy) is 1. The Hall–Kier alpha value is -0.450. The molecule has 2 aliphatic rings. The number of guanidine groups is 1. The van der Waals surface area contributed by atoms with Gasteiger partial charge in [0.25, 0.3) is 0 Å². The first kappa shape index (κ1) is 22.8. The second-order valence-electron chi connectivity index (χ2n) is 7.49. The smallest absolute Gasteiger partial charge is 0.193 e. The summed E-state index contributed by atoms with van der Waals surface area (Å²) >= 11 is 1.89. The molecular formula is C19H34IN5OS. The zero-order valence-corrected chi connectivity index (χ0v) is 20.0. The van der Waals surface area contributed by atoms with Gasteiger partial charge in [0, 0.05) is 45.2 Å². The van der Waals surface area contributed by atoms with Gasteiger partial charge >= 0.3 is 0 Å². The Morgan fingerprint density at radius 1 is 1.33 bits per heavy atom. The molecule has 1 N–H and O–H groups in total. The number of aromatic nitrogens is 1. The van der Waals surface area contributed by atoms with Crippen molar-refractivity contribution >= 4 is 41.3 Å². The lowest BCUT2D eigenvalue weighted by Gasteiger charge is -2.30. The zero-order chi connectivity index (χ0) is 18.4. The van der Waals surface area contributed by atoms with Crippen LogP contribution in [0.4, 0.5) is 0 Å². The zero-order valence-electron chi connectivity index (χ0n) is 16.9. The molecule has 1 atom stereocenters. The predicted molar refractivity (Wildman–Crippen MR) is 123 cm³/mol. The number of aryl methyl sites for hydroxylation is 2. The Morgan fingerprint density at radius 2 is 2.07 bits per heavy atom. The molecule has 2 heterocycles. The molecule has 0 radical (unpaired) electrons. The van der Waals surface area contributed by atoms with Crippen LogP contribution in [0.25, 0.3) is 0 Å². The highest BCUT2D eigenvalue weighted by atomic mass is 127. The molecule has 0 spiro atoms. The lowest BCUT2D eigenvalue weighted by molar-refractivity contribution is 0.0320. The first-order valence-electron chi connectivity index (χ1n) is 9.85. The highest BCUT2D eigenvalue weighted by Gasteiger charge is 2.18. The van der Waals surface area contributed by atoms with Gasteiger partial charge in [0.1, 0.15) is 5.01 Å². The van der Waals surface area contributed by atoms with Crippen LogP contribution in [0.1, 0.15) is 35.3 Å². The first-order valence-corrected chi connectivity index (χ1v) is 10.7. The van der Waals surface area contributed by atoms with E-state index in [1.165, 1.54) is 34.8 Å². The molecule has 1 saturated heterocycles. The van der Waals surface area contributed by atoms with Crippen LogP contribution in [0.3, 0.4) is 0 Å². The number of hydrogen-bond donors (Lipinski definition) is 1. The Labute approximate surface area is 184 Å². The van der Waals surface area contributed by atoms with Gasteiger partial charge in [-0.25, -0.2) is 4.98 Å². The Balaban J connectivity index is 0.00000261. The number of aliphatic imine (C=N–C) groups is 1. The summed E-state index contributed by atoms with van der Waals surface area (Å²) in [5.41, 5.74) is 1.34. The summed E-state index contributed by atoms with van der Waals surface area (Å²) in [6.45, 7) is 8.99. The molecule has 6 nitrogen and oxygen atoms in total. The molecule has 0 bridgehead atoms. The number of halogens is 1. The van der Waals surface area contributed by atoms with E-state index in [4.69, 9.17) is 9.72 Å². The Bertz CT molecular complexity index is 579. The van der Waals surface area contributed by atoms with Gasteiger partial charge in [-0.1, -0.05) is 6.92 Å². The van der Waals surface area contributed by atoms with Crippen molar-refractivity contribution in [2.45, 2.75) is 39.2 Å². The van der Waals surface area contributed by atoms with E-state index in [-0.39, 0.29) is 24.0 Å². The molecule has 1 aliphatic carbocycles. The molecule has 1 aromatic rings. The molecule has 1 fully saturated rings. The summed E-state index contributed by atoms with van der Waals surface area (Å²) in [5, 5.41) is 4.75. The molecule has 0 saturated carbocycles. The molecular weight excluding hydrogens is 473 g/mol. The van der Waals surface area contributed by atoms with Crippen LogP contribution in [0.15, 0.2) is 4.99 Å². The predicted octanol–water partition coefficient (Wildman–Crippen LogP) is 2.62. The minimum absolute atomic E-state index is 0. The van der Waals surface area contributed by atoms with Crippen LogP contribution in [0, 0.1) is 5.92 Å². The minimum Gasteiger partial charge on any atom is -0.379 e. The van der Waals surface area contributed by atoms with Crippen LogP contribution in [0.2, 0.25) is 0 Å². The number of nitrogens with one attached hydrogen (secondary N) is 1. The van der Waals surface area contributed by atoms with E-state index in [0.29, 0.717) is 5.92 Å². The van der Waals surface area contributed by atoms with Gasteiger partial charge in [0.2, 0.25) is 0 Å².